The SMILES string of the molecule is CCOc1ccc(CNC(=O)c2ccc(NC(=O)NC(C)C)cc2)cc1OC. The van der Waals surface area contributed by atoms with E-state index in [-0.39, 0.29) is 18.0 Å². The Kier molecular flexibility index (Phi) is 7.68. The first-order chi connectivity index (χ1) is 13.4. The number of urea groups is 1. The van der Waals surface area contributed by atoms with E-state index in [1.54, 1.807) is 31.4 Å². The molecule has 150 valence electrons. The van der Waals surface area contributed by atoms with Crippen LogP contribution in [-0.4, -0.2) is 31.7 Å². The fraction of sp³-hybridized carbons (Fsp3) is 0.333. The third-order valence-corrected chi connectivity index (χ3v) is 3.81. The zero-order valence-electron chi connectivity index (χ0n) is 16.7. The van der Waals surface area contributed by atoms with Gasteiger partial charge < -0.3 is 25.4 Å². The molecule has 3 N–H and O–H groups in total. The van der Waals surface area contributed by atoms with Crippen molar-refractivity contribution in [3.05, 3.63) is 53.6 Å². The lowest BCUT2D eigenvalue weighted by atomic mass is 10.1. The van der Waals surface area contributed by atoms with Crippen molar-refractivity contribution in [3.8, 4) is 11.5 Å². The van der Waals surface area contributed by atoms with Crippen molar-refractivity contribution in [2.75, 3.05) is 19.0 Å². The minimum atomic E-state index is -0.281. The number of carbonyl (C=O) groups excluding carboxylic acids is 2. The predicted molar refractivity (Wildman–Crippen MR) is 109 cm³/mol. The molecule has 0 aromatic heterocycles. The topological polar surface area (TPSA) is 88.7 Å². The number of amides is 3. The van der Waals surface area contributed by atoms with Gasteiger partial charge in [-0.2, -0.15) is 0 Å². The molecule has 0 aliphatic carbocycles. The Bertz CT molecular complexity index is 804. The minimum Gasteiger partial charge on any atom is -0.493 e. The van der Waals surface area contributed by atoms with E-state index >= 15 is 0 Å². The quantitative estimate of drug-likeness (QED) is 0.648. The number of methoxy groups -OCH3 is 1. The van der Waals surface area contributed by atoms with Gasteiger partial charge in [0, 0.05) is 23.8 Å². The number of benzene rings is 2. The van der Waals surface area contributed by atoms with Gasteiger partial charge in [-0.05, 0) is 62.7 Å². The van der Waals surface area contributed by atoms with Crippen LogP contribution in [0.15, 0.2) is 42.5 Å². The fourth-order valence-electron chi connectivity index (χ4n) is 2.52. The lowest BCUT2D eigenvalue weighted by molar-refractivity contribution is 0.0951. The second kappa shape index (κ2) is 10.2. The van der Waals surface area contributed by atoms with Crippen molar-refractivity contribution >= 4 is 17.6 Å². The summed E-state index contributed by atoms with van der Waals surface area (Å²) >= 11 is 0. The summed E-state index contributed by atoms with van der Waals surface area (Å²) in [5.41, 5.74) is 2.02. The van der Waals surface area contributed by atoms with E-state index in [1.165, 1.54) is 0 Å². The minimum absolute atomic E-state index is 0.0475. The first-order valence-electron chi connectivity index (χ1n) is 9.18. The van der Waals surface area contributed by atoms with Crippen LogP contribution < -0.4 is 25.4 Å². The van der Waals surface area contributed by atoms with E-state index in [9.17, 15) is 9.59 Å². The monoisotopic (exact) mass is 385 g/mol. The van der Waals surface area contributed by atoms with Crippen LogP contribution in [0.4, 0.5) is 10.5 Å². The van der Waals surface area contributed by atoms with Crippen LogP contribution in [0.5, 0.6) is 11.5 Å². The molecule has 0 radical (unpaired) electrons. The molecule has 28 heavy (non-hydrogen) atoms. The maximum Gasteiger partial charge on any atom is 0.319 e. The Morgan fingerprint density at radius 2 is 1.75 bits per heavy atom. The zero-order chi connectivity index (χ0) is 20.5. The van der Waals surface area contributed by atoms with Crippen LogP contribution >= 0.6 is 0 Å². The lowest BCUT2D eigenvalue weighted by Crippen LogP contribution is -2.34. The van der Waals surface area contributed by atoms with Gasteiger partial charge in [-0.3, -0.25) is 4.79 Å². The van der Waals surface area contributed by atoms with E-state index < -0.39 is 0 Å². The van der Waals surface area contributed by atoms with Crippen LogP contribution in [0.1, 0.15) is 36.7 Å². The van der Waals surface area contributed by atoms with Gasteiger partial charge in [0.05, 0.1) is 13.7 Å². The highest BCUT2D eigenvalue weighted by molar-refractivity contribution is 5.95. The smallest absolute Gasteiger partial charge is 0.319 e. The highest BCUT2D eigenvalue weighted by Gasteiger charge is 2.09. The number of carbonyl (C=O) groups is 2. The molecule has 0 aliphatic heterocycles. The van der Waals surface area contributed by atoms with Gasteiger partial charge in [-0.15, -0.1) is 0 Å². The van der Waals surface area contributed by atoms with E-state index in [4.69, 9.17) is 9.47 Å². The molecule has 2 aromatic rings. The van der Waals surface area contributed by atoms with Crippen molar-refractivity contribution in [1.82, 2.24) is 10.6 Å². The summed E-state index contributed by atoms with van der Waals surface area (Å²) in [5.74, 6) is 1.10. The first-order valence-corrected chi connectivity index (χ1v) is 9.18. The molecule has 0 heterocycles. The zero-order valence-corrected chi connectivity index (χ0v) is 16.7. The van der Waals surface area contributed by atoms with Gasteiger partial charge in [0.25, 0.3) is 5.91 Å². The molecule has 0 unspecified atom stereocenters. The summed E-state index contributed by atoms with van der Waals surface area (Å²) in [5, 5.41) is 8.33. The van der Waals surface area contributed by atoms with Gasteiger partial charge in [0.1, 0.15) is 0 Å². The van der Waals surface area contributed by atoms with Crippen LogP contribution in [0.25, 0.3) is 0 Å². The first kappa shape index (κ1) is 21.1. The van der Waals surface area contributed by atoms with E-state index in [0.29, 0.717) is 35.9 Å². The average Bonchev–Trinajstić information content (AvgIpc) is 2.67. The molecular weight excluding hydrogens is 358 g/mol. The van der Waals surface area contributed by atoms with Crippen LogP contribution in [0.2, 0.25) is 0 Å². The predicted octanol–water partition coefficient (Wildman–Crippen LogP) is 3.55. The summed E-state index contributed by atoms with van der Waals surface area (Å²) in [6.07, 6.45) is 0. The largest absolute Gasteiger partial charge is 0.493 e. The van der Waals surface area contributed by atoms with E-state index in [2.05, 4.69) is 16.0 Å². The molecule has 2 aromatic carbocycles. The molecule has 2 rings (SSSR count). The second-order valence-electron chi connectivity index (χ2n) is 6.43. The third kappa shape index (κ3) is 6.19. The normalized spacial score (nSPS) is 10.3. The molecule has 0 saturated heterocycles. The molecule has 0 saturated carbocycles. The van der Waals surface area contributed by atoms with Crippen molar-refractivity contribution in [2.45, 2.75) is 33.4 Å². The number of hydrogen-bond donors (Lipinski definition) is 3. The highest BCUT2D eigenvalue weighted by Crippen LogP contribution is 2.28. The van der Waals surface area contributed by atoms with Crippen LogP contribution in [0.3, 0.4) is 0 Å². The van der Waals surface area contributed by atoms with Gasteiger partial charge in [0.15, 0.2) is 11.5 Å². The van der Waals surface area contributed by atoms with Crippen molar-refractivity contribution in [1.29, 1.82) is 0 Å². The van der Waals surface area contributed by atoms with Crippen LogP contribution in [-0.2, 0) is 6.54 Å². The summed E-state index contributed by atoms with van der Waals surface area (Å²) in [6.45, 7) is 6.58. The van der Waals surface area contributed by atoms with E-state index in [0.717, 1.165) is 5.56 Å². The molecule has 0 fully saturated rings. The molecule has 3 amide bonds. The Labute approximate surface area is 165 Å². The number of anilines is 1. The number of rotatable bonds is 8. The fourth-order valence-corrected chi connectivity index (χ4v) is 2.52. The lowest BCUT2D eigenvalue weighted by Gasteiger charge is -2.12. The third-order valence-electron chi connectivity index (χ3n) is 3.81. The van der Waals surface area contributed by atoms with Gasteiger partial charge in [-0.25, -0.2) is 4.79 Å². The number of ether oxygens (including phenoxy) is 2. The summed E-state index contributed by atoms with van der Waals surface area (Å²) < 4.78 is 10.8. The molecule has 0 atom stereocenters. The number of hydrogen-bond acceptors (Lipinski definition) is 4. The van der Waals surface area contributed by atoms with E-state index in [1.807, 2.05) is 39.0 Å². The van der Waals surface area contributed by atoms with Crippen molar-refractivity contribution < 1.29 is 19.1 Å². The maximum absolute atomic E-state index is 12.4. The molecule has 0 spiro atoms. The summed E-state index contributed by atoms with van der Waals surface area (Å²) in [4.78, 5) is 24.1. The maximum atomic E-state index is 12.4. The Hall–Kier alpha value is -3.22. The van der Waals surface area contributed by atoms with Crippen molar-refractivity contribution in [3.63, 3.8) is 0 Å². The highest BCUT2D eigenvalue weighted by atomic mass is 16.5. The molecular formula is C21H27N3O4. The Morgan fingerprint density at radius 3 is 2.36 bits per heavy atom. The molecule has 7 nitrogen and oxygen atoms in total. The van der Waals surface area contributed by atoms with Gasteiger partial charge in [0.2, 0.25) is 0 Å². The standard InChI is InChI=1S/C21H27N3O4/c1-5-28-18-11-6-15(12-19(18)27-4)13-22-20(25)16-7-9-17(10-8-16)24-21(26)23-14(2)3/h6-12,14H,5,13H2,1-4H3,(H,22,25)(H2,23,24,26). The van der Waals surface area contributed by atoms with Crippen molar-refractivity contribution in [2.24, 2.45) is 0 Å². The van der Waals surface area contributed by atoms with Crippen LogP contribution in [0, 0.1) is 0 Å². The second-order valence-corrected chi connectivity index (χ2v) is 6.43. The van der Waals surface area contributed by atoms with Gasteiger partial charge >= 0.3 is 6.03 Å². The molecule has 0 bridgehead atoms. The Morgan fingerprint density at radius 1 is 1.04 bits per heavy atom. The summed E-state index contributed by atoms with van der Waals surface area (Å²) in [7, 11) is 1.58. The van der Waals surface area contributed by atoms with Gasteiger partial charge in [-0.1, -0.05) is 6.07 Å². The number of nitrogens with one attached hydrogen (secondary N) is 3. The summed E-state index contributed by atoms with van der Waals surface area (Å²) in [6, 6.07) is 12.0. The molecule has 0 aliphatic rings. The molecule has 7 heteroatoms. The Balaban J connectivity index is 1.93. The average molecular weight is 385 g/mol.